The Bertz CT molecular complexity index is 274. The van der Waals surface area contributed by atoms with E-state index >= 15 is 0 Å². The summed E-state index contributed by atoms with van der Waals surface area (Å²) in [5, 5.41) is 0. The quantitative estimate of drug-likeness (QED) is 0.469. The number of methoxy groups -OCH3 is 1. The van der Waals surface area contributed by atoms with Crippen molar-refractivity contribution in [3.05, 3.63) is 18.7 Å². The van der Waals surface area contributed by atoms with Gasteiger partial charge in [-0.1, -0.05) is 13.3 Å². The Kier molecular flexibility index (Phi) is 6.85. The molecule has 0 aliphatic carbocycles. The highest BCUT2D eigenvalue weighted by Gasteiger charge is 2.02. The highest BCUT2D eigenvalue weighted by molar-refractivity contribution is 4.65. The van der Waals surface area contributed by atoms with E-state index in [1.165, 1.54) is 12.8 Å². The van der Waals surface area contributed by atoms with Crippen LogP contribution >= 0.6 is 0 Å². The van der Waals surface area contributed by atoms with Gasteiger partial charge in [-0.3, -0.25) is 0 Å². The lowest BCUT2D eigenvalue weighted by atomic mass is 10.3. The van der Waals surface area contributed by atoms with Gasteiger partial charge in [0.2, 0.25) is 6.33 Å². The SMILES string of the molecule is CCCC[n+]1ccn(CCOCCOC)c1. The molecule has 1 aromatic rings. The van der Waals surface area contributed by atoms with Gasteiger partial charge in [0.15, 0.2) is 0 Å². The summed E-state index contributed by atoms with van der Waals surface area (Å²) in [6.45, 7) is 6.31. The smallest absolute Gasteiger partial charge is 0.243 e. The van der Waals surface area contributed by atoms with Crippen LogP contribution in [-0.4, -0.2) is 31.5 Å². The number of rotatable bonds is 9. The molecule has 0 N–H and O–H groups in total. The Morgan fingerprint density at radius 2 is 2.12 bits per heavy atom. The Morgan fingerprint density at radius 3 is 2.88 bits per heavy atom. The van der Waals surface area contributed by atoms with E-state index in [0.717, 1.165) is 19.7 Å². The van der Waals surface area contributed by atoms with E-state index in [9.17, 15) is 0 Å². The predicted molar refractivity (Wildman–Crippen MR) is 62.2 cm³/mol. The molecule has 0 fully saturated rings. The second kappa shape index (κ2) is 8.30. The lowest BCUT2D eigenvalue weighted by Crippen LogP contribution is -2.30. The van der Waals surface area contributed by atoms with Crippen LogP contribution in [0, 0.1) is 0 Å². The van der Waals surface area contributed by atoms with Crippen LogP contribution in [-0.2, 0) is 22.6 Å². The van der Waals surface area contributed by atoms with E-state index in [-0.39, 0.29) is 0 Å². The van der Waals surface area contributed by atoms with Crippen LogP contribution in [0.25, 0.3) is 0 Å². The Labute approximate surface area is 97.8 Å². The third-order valence-electron chi connectivity index (χ3n) is 2.44. The fourth-order valence-electron chi connectivity index (χ4n) is 1.46. The van der Waals surface area contributed by atoms with Crippen molar-refractivity contribution in [2.24, 2.45) is 0 Å². The van der Waals surface area contributed by atoms with Crippen molar-refractivity contribution in [2.75, 3.05) is 26.9 Å². The third kappa shape index (κ3) is 5.28. The molecule has 0 saturated carbocycles. The van der Waals surface area contributed by atoms with Crippen LogP contribution in [0.3, 0.4) is 0 Å². The van der Waals surface area contributed by atoms with Crippen molar-refractivity contribution in [3.63, 3.8) is 0 Å². The summed E-state index contributed by atoms with van der Waals surface area (Å²) in [5.74, 6) is 0. The first-order valence-electron chi connectivity index (χ1n) is 5.98. The molecule has 1 rings (SSSR count). The van der Waals surface area contributed by atoms with Gasteiger partial charge >= 0.3 is 0 Å². The average molecular weight is 227 g/mol. The van der Waals surface area contributed by atoms with Crippen LogP contribution in [0.5, 0.6) is 0 Å². The van der Waals surface area contributed by atoms with Gasteiger partial charge in [0.25, 0.3) is 0 Å². The molecule has 1 heterocycles. The molecule has 0 bridgehead atoms. The molecule has 0 aliphatic rings. The molecule has 4 heteroatoms. The number of ether oxygens (including phenoxy) is 2. The maximum absolute atomic E-state index is 5.41. The fraction of sp³-hybridized carbons (Fsp3) is 0.750. The van der Waals surface area contributed by atoms with E-state index in [1.54, 1.807) is 7.11 Å². The van der Waals surface area contributed by atoms with E-state index in [2.05, 4.69) is 34.8 Å². The zero-order valence-corrected chi connectivity index (χ0v) is 10.4. The fourth-order valence-corrected chi connectivity index (χ4v) is 1.46. The first-order valence-corrected chi connectivity index (χ1v) is 5.98. The summed E-state index contributed by atoms with van der Waals surface area (Å²) < 4.78 is 14.7. The Balaban J connectivity index is 2.14. The molecule has 0 atom stereocenters. The minimum absolute atomic E-state index is 0.669. The number of aryl methyl sites for hydroxylation is 1. The normalized spacial score (nSPS) is 10.9. The van der Waals surface area contributed by atoms with Gasteiger partial charge in [-0.15, -0.1) is 0 Å². The largest absolute Gasteiger partial charge is 0.382 e. The molecule has 4 nitrogen and oxygen atoms in total. The number of unbranched alkanes of at least 4 members (excludes halogenated alkanes) is 1. The minimum atomic E-state index is 0.669. The number of aromatic nitrogens is 2. The van der Waals surface area contributed by atoms with Crippen LogP contribution < -0.4 is 4.57 Å². The Morgan fingerprint density at radius 1 is 1.25 bits per heavy atom. The predicted octanol–water partition coefficient (Wildman–Crippen LogP) is 1.24. The maximum atomic E-state index is 5.41. The van der Waals surface area contributed by atoms with E-state index < -0.39 is 0 Å². The third-order valence-corrected chi connectivity index (χ3v) is 2.44. The van der Waals surface area contributed by atoms with Gasteiger partial charge in [-0.05, 0) is 6.42 Å². The summed E-state index contributed by atoms with van der Waals surface area (Å²) in [4.78, 5) is 0. The zero-order chi connectivity index (χ0) is 11.6. The summed E-state index contributed by atoms with van der Waals surface area (Å²) in [7, 11) is 1.69. The molecule has 92 valence electrons. The molecule has 1 aromatic heterocycles. The van der Waals surface area contributed by atoms with Gasteiger partial charge in [0.1, 0.15) is 18.9 Å². The molecule has 0 saturated heterocycles. The van der Waals surface area contributed by atoms with Crippen LogP contribution in [0.2, 0.25) is 0 Å². The van der Waals surface area contributed by atoms with E-state index in [0.29, 0.717) is 13.2 Å². The van der Waals surface area contributed by atoms with E-state index in [4.69, 9.17) is 9.47 Å². The first-order chi connectivity index (χ1) is 7.86. The van der Waals surface area contributed by atoms with Crippen LogP contribution in [0.1, 0.15) is 19.8 Å². The number of imidazole rings is 1. The van der Waals surface area contributed by atoms with Gasteiger partial charge in [-0.2, -0.15) is 0 Å². The van der Waals surface area contributed by atoms with Crippen molar-refractivity contribution in [1.29, 1.82) is 0 Å². The average Bonchev–Trinajstić information content (AvgIpc) is 2.74. The van der Waals surface area contributed by atoms with Gasteiger partial charge in [0.05, 0.1) is 26.4 Å². The van der Waals surface area contributed by atoms with Crippen LogP contribution in [0.4, 0.5) is 0 Å². The van der Waals surface area contributed by atoms with Crippen molar-refractivity contribution < 1.29 is 14.0 Å². The van der Waals surface area contributed by atoms with Crippen LogP contribution in [0.15, 0.2) is 18.7 Å². The van der Waals surface area contributed by atoms with Crippen molar-refractivity contribution >= 4 is 0 Å². The molecule has 0 aromatic carbocycles. The minimum Gasteiger partial charge on any atom is -0.382 e. The second-order valence-electron chi connectivity index (χ2n) is 3.85. The van der Waals surface area contributed by atoms with Crippen molar-refractivity contribution in [3.8, 4) is 0 Å². The maximum Gasteiger partial charge on any atom is 0.243 e. The van der Waals surface area contributed by atoms with Crippen molar-refractivity contribution in [1.82, 2.24) is 4.57 Å². The second-order valence-corrected chi connectivity index (χ2v) is 3.85. The molecule has 0 aliphatic heterocycles. The van der Waals surface area contributed by atoms with Gasteiger partial charge in [0, 0.05) is 7.11 Å². The highest BCUT2D eigenvalue weighted by Crippen LogP contribution is 1.89. The number of hydrogen-bond donors (Lipinski definition) is 0. The lowest BCUT2D eigenvalue weighted by molar-refractivity contribution is -0.696. The molecule has 0 amide bonds. The summed E-state index contributed by atoms with van der Waals surface area (Å²) in [6, 6.07) is 0. The standard InChI is InChI=1S/C12H23N2O2/c1-3-4-5-13-6-7-14(12-13)8-9-16-11-10-15-2/h6-7,12H,3-5,8-11H2,1-2H3/q+1. The summed E-state index contributed by atoms with van der Waals surface area (Å²) in [6.07, 6.45) is 8.81. The van der Waals surface area contributed by atoms with Crippen molar-refractivity contribution in [2.45, 2.75) is 32.9 Å². The molecule has 0 unspecified atom stereocenters. The lowest BCUT2D eigenvalue weighted by Gasteiger charge is -2.00. The molecular weight excluding hydrogens is 204 g/mol. The zero-order valence-electron chi connectivity index (χ0n) is 10.4. The molecule has 16 heavy (non-hydrogen) atoms. The first kappa shape index (κ1) is 13.2. The highest BCUT2D eigenvalue weighted by atomic mass is 16.5. The molecular formula is C12H23N2O2+. The monoisotopic (exact) mass is 227 g/mol. The Hall–Kier alpha value is -0.870. The van der Waals surface area contributed by atoms with E-state index in [1.807, 2.05) is 0 Å². The summed E-state index contributed by atoms with van der Waals surface area (Å²) in [5.41, 5.74) is 0. The summed E-state index contributed by atoms with van der Waals surface area (Å²) >= 11 is 0. The topological polar surface area (TPSA) is 27.3 Å². The number of nitrogens with zero attached hydrogens (tertiary/aromatic N) is 2. The molecule has 0 spiro atoms. The molecule has 0 radical (unpaired) electrons. The van der Waals surface area contributed by atoms with Gasteiger partial charge in [-0.25, -0.2) is 9.13 Å². The number of hydrogen-bond acceptors (Lipinski definition) is 2. The van der Waals surface area contributed by atoms with Gasteiger partial charge < -0.3 is 9.47 Å².